The summed E-state index contributed by atoms with van der Waals surface area (Å²) in [7, 11) is 3.40. The molecule has 0 radical (unpaired) electrons. The van der Waals surface area contributed by atoms with Crippen molar-refractivity contribution in [2.45, 2.75) is 38.1 Å². The molecule has 0 bridgehead atoms. The number of hydrogen-bond donors (Lipinski definition) is 0. The maximum absolute atomic E-state index is 6.47. The minimum Gasteiger partial charge on any atom is -0.493 e. The third-order valence-corrected chi connectivity index (χ3v) is 4.92. The highest BCUT2D eigenvalue weighted by molar-refractivity contribution is 6.31. The van der Waals surface area contributed by atoms with Crippen molar-refractivity contribution >= 4 is 24.0 Å². The summed E-state index contributed by atoms with van der Waals surface area (Å²) in [5.74, 6) is 1.63. The first kappa shape index (κ1) is 16.7. The Kier molecular flexibility index (Phi) is 5.64. The van der Waals surface area contributed by atoms with Crippen molar-refractivity contribution in [1.82, 2.24) is 4.90 Å². The monoisotopic (exact) mass is 331 g/mol. The summed E-state index contributed by atoms with van der Waals surface area (Å²) in [6.45, 7) is 2.37. The number of hydrogen-bond acceptors (Lipinski definition) is 3. The summed E-state index contributed by atoms with van der Waals surface area (Å²) in [4.78, 5) is 2.58. The summed E-state index contributed by atoms with van der Waals surface area (Å²) in [6, 6.07) is 2.33. The standard InChI is InChI=1S/C16H22ClNO2.ClH/c1-19-14-10-12(17)11-6-5-7-13(15(11)16(14)20-2)18-8-3-4-9-18;/h10,13H,3-9H2,1-2H3;1H. The average molecular weight is 332 g/mol. The van der Waals surface area contributed by atoms with Gasteiger partial charge < -0.3 is 9.47 Å². The minimum atomic E-state index is 0. The van der Waals surface area contributed by atoms with Gasteiger partial charge in [-0.05, 0) is 50.8 Å². The molecule has 21 heavy (non-hydrogen) atoms. The van der Waals surface area contributed by atoms with E-state index in [2.05, 4.69) is 4.90 Å². The summed E-state index contributed by atoms with van der Waals surface area (Å²) >= 11 is 6.47. The van der Waals surface area contributed by atoms with Gasteiger partial charge in [-0.1, -0.05) is 11.6 Å². The van der Waals surface area contributed by atoms with Gasteiger partial charge in [-0.25, -0.2) is 0 Å². The zero-order valence-electron chi connectivity index (χ0n) is 12.7. The number of benzene rings is 1. The normalized spacial score (nSPS) is 21.6. The molecule has 1 saturated heterocycles. The van der Waals surface area contributed by atoms with Gasteiger partial charge in [0.25, 0.3) is 0 Å². The van der Waals surface area contributed by atoms with Gasteiger partial charge >= 0.3 is 0 Å². The molecule has 0 saturated carbocycles. The van der Waals surface area contributed by atoms with Crippen molar-refractivity contribution in [3.05, 3.63) is 22.2 Å². The minimum absolute atomic E-state index is 0. The number of nitrogens with zero attached hydrogens (tertiary/aromatic N) is 1. The van der Waals surface area contributed by atoms with Crippen LogP contribution < -0.4 is 9.47 Å². The molecule has 3 nitrogen and oxygen atoms in total. The predicted molar refractivity (Wildman–Crippen MR) is 88.3 cm³/mol. The molecule has 118 valence electrons. The van der Waals surface area contributed by atoms with Crippen molar-refractivity contribution < 1.29 is 9.47 Å². The van der Waals surface area contributed by atoms with Crippen molar-refractivity contribution in [2.24, 2.45) is 0 Å². The zero-order chi connectivity index (χ0) is 14.1. The van der Waals surface area contributed by atoms with Crippen molar-refractivity contribution in [1.29, 1.82) is 0 Å². The van der Waals surface area contributed by atoms with E-state index in [4.69, 9.17) is 21.1 Å². The average Bonchev–Trinajstić information content (AvgIpc) is 3.00. The fourth-order valence-electron chi connectivity index (χ4n) is 3.67. The Morgan fingerprint density at radius 3 is 2.48 bits per heavy atom. The Bertz CT molecular complexity index is 502. The topological polar surface area (TPSA) is 21.7 Å². The van der Waals surface area contributed by atoms with Crippen LogP contribution in [0.3, 0.4) is 0 Å². The van der Waals surface area contributed by atoms with Crippen LogP contribution in [0.2, 0.25) is 5.02 Å². The van der Waals surface area contributed by atoms with Crippen LogP contribution in [-0.2, 0) is 6.42 Å². The van der Waals surface area contributed by atoms with E-state index in [1.807, 2.05) is 6.07 Å². The summed E-state index contributed by atoms with van der Waals surface area (Å²) in [6.07, 6.45) is 6.02. The highest BCUT2D eigenvalue weighted by atomic mass is 35.5. The van der Waals surface area contributed by atoms with Crippen molar-refractivity contribution in [3.63, 3.8) is 0 Å². The van der Waals surface area contributed by atoms with Crippen LogP contribution >= 0.6 is 24.0 Å². The molecule has 0 spiro atoms. The Balaban J connectivity index is 0.00000161. The third-order valence-electron chi connectivity index (χ3n) is 4.58. The molecule has 1 atom stereocenters. The third kappa shape index (κ3) is 2.96. The van der Waals surface area contributed by atoms with E-state index in [0.717, 1.165) is 22.9 Å². The molecule has 1 heterocycles. The molecule has 5 heteroatoms. The van der Waals surface area contributed by atoms with E-state index in [9.17, 15) is 0 Å². The van der Waals surface area contributed by atoms with Gasteiger partial charge in [-0.3, -0.25) is 4.90 Å². The Hall–Kier alpha value is -0.640. The maximum Gasteiger partial charge on any atom is 0.165 e. The second kappa shape index (κ2) is 7.08. The zero-order valence-corrected chi connectivity index (χ0v) is 14.2. The number of halogens is 2. The lowest BCUT2D eigenvalue weighted by Crippen LogP contribution is -2.29. The molecule has 1 aliphatic carbocycles. The Labute approximate surface area is 138 Å². The van der Waals surface area contributed by atoms with Crippen LogP contribution in [0.25, 0.3) is 0 Å². The van der Waals surface area contributed by atoms with Gasteiger partial charge in [-0.15, -0.1) is 12.4 Å². The lowest BCUT2D eigenvalue weighted by atomic mass is 9.85. The van der Waals surface area contributed by atoms with E-state index in [1.165, 1.54) is 49.9 Å². The number of methoxy groups -OCH3 is 2. The summed E-state index contributed by atoms with van der Waals surface area (Å²) in [5.41, 5.74) is 2.53. The number of ether oxygens (including phenoxy) is 2. The molecule has 1 aromatic carbocycles. The van der Waals surface area contributed by atoms with Gasteiger partial charge in [0.15, 0.2) is 11.5 Å². The van der Waals surface area contributed by atoms with Crippen molar-refractivity contribution in [2.75, 3.05) is 27.3 Å². The van der Waals surface area contributed by atoms with Crippen molar-refractivity contribution in [3.8, 4) is 11.5 Å². The number of rotatable bonds is 3. The first-order chi connectivity index (χ1) is 9.76. The van der Waals surface area contributed by atoms with E-state index in [0.29, 0.717) is 6.04 Å². The Morgan fingerprint density at radius 1 is 1.14 bits per heavy atom. The first-order valence-corrected chi connectivity index (χ1v) is 7.81. The second-order valence-electron chi connectivity index (χ2n) is 5.64. The highest BCUT2D eigenvalue weighted by Gasteiger charge is 2.33. The molecule has 2 aliphatic rings. The molecule has 1 aromatic rings. The molecule has 1 unspecified atom stereocenters. The molecule has 1 fully saturated rings. The molecule has 3 rings (SSSR count). The van der Waals surface area contributed by atoms with Gasteiger partial charge in [-0.2, -0.15) is 0 Å². The first-order valence-electron chi connectivity index (χ1n) is 7.43. The smallest absolute Gasteiger partial charge is 0.165 e. The van der Waals surface area contributed by atoms with E-state index in [1.54, 1.807) is 14.2 Å². The fourth-order valence-corrected chi connectivity index (χ4v) is 3.97. The van der Waals surface area contributed by atoms with E-state index < -0.39 is 0 Å². The van der Waals surface area contributed by atoms with Gasteiger partial charge in [0.1, 0.15) is 0 Å². The maximum atomic E-state index is 6.47. The number of fused-ring (bicyclic) bond motifs is 1. The van der Waals surface area contributed by atoms with Gasteiger partial charge in [0.2, 0.25) is 0 Å². The quantitative estimate of drug-likeness (QED) is 0.826. The summed E-state index contributed by atoms with van der Waals surface area (Å²) in [5, 5.41) is 0.821. The number of likely N-dealkylation sites (tertiary alicyclic amines) is 1. The van der Waals surface area contributed by atoms with Crippen LogP contribution in [0, 0.1) is 0 Å². The van der Waals surface area contributed by atoms with E-state index >= 15 is 0 Å². The Morgan fingerprint density at radius 2 is 1.86 bits per heavy atom. The fraction of sp³-hybridized carbons (Fsp3) is 0.625. The summed E-state index contributed by atoms with van der Waals surface area (Å²) < 4.78 is 11.1. The molecular weight excluding hydrogens is 309 g/mol. The lowest BCUT2D eigenvalue weighted by molar-refractivity contribution is 0.214. The van der Waals surface area contributed by atoms with Gasteiger partial charge in [0, 0.05) is 22.7 Å². The van der Waals surface area contributed by atoms with Crippen LogP contribution in [0.1, 0.15) is 42.9 Å². The molecule has 0 amide bonds. The predicted octanol–water partition coefficient (Wildman–Crippen LogP) is 4.25. The second-order valence-corrected chi connectivity index (χ2v) is 6.04. The SMILES string of the molecule is COc1cc(Cl)c2c(c1OC)C(N1CCCC1)CCC2.Cl. The molecular formula is C16H23Cl2NO2. The largest absolute Gasteiger partial charge is 0.493 e. The van der Waals surface area contributed by atoms with Crippen LogP contribution in [-0.4, -0.2) is 32.2 Å². The highest BCUT2D eigenvalue weighted by Crippen LogP contribution is 2.48. The lowest BCUT2D eigenvalue weighted by Gasteiger charge is -2.35. The van der Waals surface area contributed by atoms with E-state index in [-0.39, 0.29) is 12.4 Å². The molecule has 0 N–H and O–H groups in total. The van der Waals surface area contributed by atoms with Crippen LogP contribution in [0.5, 0.6) is 11.5 Å². The van der Waals surface area contributed by atoms with Gasteiger partial charge in [0.05, 0.1) is 14.2 Å². The molecule has 1 aliphatic heterocycles. The molecule has 0 aromatic heterocycles. The van der Waals surface area contributed by atoms with Crippen LogP contribution in [0.4, 0.5) is 0 Å². The van der Waals surface area contributed by atoms with Crippen LogP contribution in [0.15, 0.2) is 6.07 Å².